The van der Waals surface area contributed by atoms with Gasteiger partial charge in [-0.25, -0.2) is 0 Å². The Labute approximate surface area is 73.2 Å². The predicted octanol–water partition coefficient (Wildman–Crippen LogP) is 3.55. The summed E-state index contributed by atoms with van der Waals surface area (Å²) < 4.78 is 0. The number of rotatable bonds is 2. The SMILES string of the molecule is CC(C)[CH]c1ccc(Cl)cc1. The van der Waals surface area contributed by atoms with Crippen LogP contribution in [-0.2, 0) is 0 Å². The quantitative estimate of drug-likeness (QED) is 0.632. The molecule has 0 saturated heterocycles. The molecule has 0 aliphatic heterocycles. The van der Waals surface area contributed by atoms with Crippen molar-refractivity contribution in [2.45, 2.75) is 13.8 Å². The fraction of sp³-hybridized carbons (Fsp3) is 0.300. The summed E-state index contributed by atoms with van der Waals surface area (Å²) in [6, 6.07) is 7.89. The zero-order valence-corrected chi connectivity index (χ0v) is 7.60. The summed E-state index contributed by atoms with van der Waals surface area (Å²) in [6.45, 7) is 4.32. The van der Waals surface area contributed by atoms with Crippen LogP contribution in [0.15, 0.2) is 24.3 Å². The van der Waals surface area contributed by atoms with Crippen LogP contribution in [0.5, 0.6) is 0 Å². The van der Waals surface area contributed by atoms with Gasteiger partial charge in [0.2, 0.25) is 0 Å². The molecule has 11 heavy (non-hydrogen) atoms. The fourth-order valence-corrected chi connectivity index (χ4v) is 1.08. The van der Waals surface area contributed by atoms with Gasteiger partial charge in [-0.05, 0) is 30.0 Å². The minimum atomic E-state index is 0.594. The van der Waals surface area contributed by atoms with Crippen LogP contribution in [0, 0.1) is 12.3 Å². The lowest BCUT2D eigenvalue weighted by Crippen LogP contribution is -1.89. The zero-order valence-electron chi connectivity index (χ0n) is 6.84. The maximum absolute atomic E-state index is 5.73. The molecule has 0 fully saturated rings. The van der Waals surface area contributed by atoms with Gasteiger partial charge in [0, 0.05) is 5.02 Å². The summed E-state index contributed by atoms with van der Waals surface area (Å²) in [4.78, 5) is 0. The molecule has 0 aliphatic rings. The molecule has 0 spiro atoms. The lowest BCUT2D eigenvalue weighted by atomic mass is 10.0. The van der Waals surface area contributed by atoms with Crippen molar-refractivity contribution in [3.63, 3.8) is 0 Å². The molecule has 0 N–H and O–H groups in total. The topological polar surface area (TPSA) is 0 Å². The van der Waals surface area contributed by atoms with E-state index in [0.29, 0.717) is 5.92 Å². The van der Waals surface area contributed by atoms with Gasteiger partial charge in [-0.15, -0.1) is 0 Å². The molecular formula is C10H12Cl. The number of hydrogen-bond donors (Lipinski definition) is 0. The summed E-state index contributed by atoms with van der Waals surface area (Å²) in [6.07, 6.45) is 2.20. The van der Waals surface area contributed by atoms with Crippen LogP contribution in [0.4, 0.5) is 0 Å². The molecule has 0 aliphatic carbocycles. The van der Waals surface area contributed by atoms with Gasteiger partial charge in [0.25, 0.3) is 0 Å². The lowest BCUT2D eigenvalue weighted by Gasteiger charge is -2.03. The average Bonchev–Trinajstić information content (AvgIpc) is 1.93. The molecule has 0 heterocycles. The van der Waals surface area contributed by atoms with Crippen LogP contribution >= 0.6 is 11.6 Å². The highest BCUT2D eigenvalue weighted by Crippen LogP contribution is 2.14. The van der Waals surface area contributed by atoms with E-state index in [0.717, 1.165) is 5.02 Å². The van der Waals surface area contributed by atoms with E-state index in [1.54, 1.807) is 0 Å². The van der Waals surface area contributed by atoms with Gasteiger partial charge in [0.05, 0.1) is 0 Å². The molecule has 0 nitrogen and oxygen atoms in total. The van der Waals surface area contributed by atoms with Crippen LogP contribution in [0.2, 0.25) is 5.02 Å². The minimum Gasteiger partial charge on any atom is -0.0843 e. The van der Waals surface area contributed by atoms with Crippen molar-refractivity contribution < 1.29 is 0 Å². The Hall–Kier alpha value is -0.490. The molecule has 0 unspecified atom stereocenters. The number of halogens is 1. The van der Waals surface area contributed by atoms with Crippen molar-refractivity contribution in [3.8, 4) is 0 Å². The highest BCUT2D eigenvalue weighted by atomic mass is 35.5. The molecule has 59 valence electrons. The maximum atomic E-state index is 5.73. The summed E-state index contributed by atoms with van der Waals surface area (Å²) in [5.41, 5.74) is 1.24. The Kier molecular flexibility index (Phi) is 2.95. The number of hydrogen-bond acceptors (Lipinski definition) is 0. The highest BCUT2D eigenvalue weighted by Gasteiger charge is 1.96. The highest BCUT2D eigenvalue weighted by molar-refractivity contribution is 6.30. The molecule has 0 aromatic heterocycles. The van der Waals surface area contributed by atoms with Crippen LogP contribution < -0.4 is 0 Å². The smallest absolute Gasteiger partial charge is 0.0406 e. The Morgan fingerprint density at radius 1 is 1.18 bits per heavy atom. The van der Waals surface area contributed by atoms with Crippen LogP contribution in [0.1, 0.15) is 19.4 Å². The van der Waals surface area contributed by atoms with Crippen LogP contribution in [0.25, 0.3) is 0 Å². The van der Waals surface area contributed by atoms with Gasteiger partial charge < -0.3 is 0 Å². The Morgan fingerprint density at radius 2 is 1.73 bits per heavy atom. The molecule has 1 radical (unpaired) electrons. The first-order valence-corrected chi connectivity index (χ1v) is 4.17. The van der Waals surface area contributed by atoms with Crippen LogP contribution in [-0.4, -0.2) is 0 Å². The average molecular weight is 168 g/mol. The zero-order chi connectivity index (χ0) is 8.27. The normalized spacial score (nSPS) is 10.5. The van der Waals surface area contributed by atoms with Crippen molar-refractivity contribution in [3.05, 3.63) is 41.3 Å². The van der Waals surface area contributed by atoms with Crippen molar-refractivity contribution in [1.82, 2.24) is 0 Å². The summed E-state index contributed by atoms with van der Waals surface area (Å²) >= 11 is 5.73. The van der Waals surface area contributed by atoms with Gasteiger partial charge in [-0.2, -0.15) is 0 Å². The van der Waals surface area contributed by atoms with Gasteiger partial charge in [0.15, 0.2) is 0 Å². The van der Waals surface area contributed by atoms with Crippen molar-refractivity contribution in [2.75, 3.05) is 0 Å². The molecule has 0 atom stereocenters. The van der Waals surface area contributed by atoms with Crippen molar-refractivity contribution in [1.29, 1.82) is 0 Å². The van der Waals surface area contributed by atoms with E-state index in [2.05, 4.69) is 20.3 Å². The molecule has 0 amide bonds. The third-order valence-electron chi connectivity index (χ3n) is 1.40. The van der Waals surface area contributed by atoms with Crippen LogP contribution in [0.3, 0.4) is 0 Å². The first kappa shape index (κ1) is 8.61. The third kappa shape index (κ3) is 2.94. The van der Waals surface area contributed by atoms with E-state index in [1.165, 1.54) is 5.56 Å². The minimum absolute atomic E-state index is 0.594. The van der Waals surface area contributed by atoms with E-state index in [1.807, 2.05) is 24.3 Å². The molecule has 1 rings (SSSR count). The standard InChI is InChI=1S/C10H12Cl/c1-8(2)7-9-3-5-10(11)6-4-9/h3-8H,1-2H3. The van der Waals surface area contributed by atoms with Crippen molar-refractivity contribution >= 4 is 11.6 Å². The largest absolute Gasteiger partial charge is 0.0843 e. The monoisotopic (exact) mass is 167 g/mol. The lowest BCUT2D eigenvalue weighted by molar-refractivity contribution is 0.776. The van der Waals surface area contributed by atoms with E-state index >= 15 is 0 Å². The molecule has 1 aromatic carbocycles. The van der Waals surface area contributed by atoms with E-state index < -0.39 is 0 Å². The first-order chi connectivity index (χ1) is 5.18. The Bertz CT molecular complexity index is 211. The van der Waals surface area contributed by atoms with E-state index in [4.69, 9.17) is 11.6 Å². The Morgan fingerprint density at radius 3 is 2.18 bits per heavy atom. The van der Waals surface area contributed by atoms with E-state index in [-0.39, 0.29) is 0 Å². The molecule has 0 saturated carbocycles. The molecule has 0 bridgehead atoms. The molecule has 1 heteroatoms. The number of benzene rings is 1. The van der Waals surface area contributed by atoms with Gasteiger partial charge in [-0.3, -0.25) is 0 Å². The fourth-order valence-electron chi connectivity index (χ4n) is 0.959. The van der Waals surface area contributed by atoms with Crippen molar-refractivity contribution in [2.24, 2.45) is 5.92 Å². The molecular weight excluding hydrogens is 156 g/mol. The second-order valence-electron chi connectivity index (χ2n) is 2.96. The van der Waals surface area contributed by atoms with Gasteiger partial charge in [-0.1, -0.05) is 37.6 Å². The predicted molar refractivity (Wildman–Crippen MR) is 49.7 cm³/mol. The summed E-state index contributed by atoms with van der Waals surface area (Å²) in [7, 11) is 0. The maximum Gasteiger partial charge on any atom is 0.0406 e. The second-order valence-corrected chi connectivity index (χ2v) is 3.40. The summed E-state index contributed by atoms with van der Waals surface area (Å²) in [5, 5.41) is 0.797. The first-order valence-electron chi connectivity index (χ1n) is 3.79. The second kappa shape index (κ2) is 3.77. The van der Waals surface area contributed by atoms with E-state index in [9.17, 15) is 0 Å². The van der Waals surface area contributed by atoms with Gasteiger partial charge >= 0.3 is 0 Å². The summed E-state index contributed by atoms with van der Waals surface area (Å²) in [5.74, 6) is 0.594. The Balaban J connectivity index is 2.66. The third-order valence-corrected chi connectivity index (χ3v) is 1.65. The molecule has 1 aromatic rings. The van der Waals surface area contributed by atoms with Gasteiger partial charge in [0.1, 0.15) is 0 Å².